The summed E-state index contributed by atoms with van der Waals surface area (Å²) in [5.41, 5.74) is 3.92. The van der Waals surface area contributed by atoms with E-state index in [1.165, 1.54) is 12.1 Å². The highest BCUT2D eigenvalue weighted by molar-refractivity contribution is 7.19. The zero-order valence-electron chi connectivity index (χ0n) is 15.7. The number of benzene rings is 2. The minimum Gasteiger partial charge on any atom is -0.287 e. The first-order chi connectivity index (χ1) is 14.6. The number of nitrogens with one attached hydrogen (secondary N) is 1. The molecule has 0 saturated carbocycles. The number of nitrogens with zero attached hydrogens (tertiary/aromatic N) is 2. The highest BCUT2D eigenvalue weighted by atomic mass is 32.1. The van der Waals surface area contributed by atoms with Gasteiger partial charge in [-0.15, -0.1) is 22.7 Å². The fourth-order valence-electron chi connectivity index (χ4n) is 4.13. The maximum Gasteiger partial charge on any atom is 0.177 e. The number of thiophene rings is 2. The Balaban J connectivity index is 1.74. The molecule has 0 amide bonds. The van der Waals surface area contributed by atoms with Crippen LogP contribution < -0.4 is 16.1 Å². The second-order valence-corrected chi connectivity index (χ2v) is 9.05. The van der Waals surface area contributed by atoms with E-state index >= 15 is 0 Å². The van der Waals surface area contributed by atoms with Crippen LogP contribution in [0.25, 0.3) is 41.7 Å². The Bertz CT molecular complexity index is 1700. The first kappa shape index (κ1) is 17.7. The molecule has 0 aliphatic heterocycles. The Kier molecular flexibility index (Phi) is 3.78. The standard InChI is InChI=1S/C23H13F2N3S2/c1-26-20-12-7-15-13(8-14(12)22-16(20)9-18(24)29-22)21(17-10-19(25)30-23(15)17)28-27-11-5-3-2-4-6-11/h2-10,27H,1H3/b26-20?,28-21-. The molecule has 7 heteroatoms. The van der Waals surface area contributed by atoms with Crippen LogP contribution in [0, 0.1) is 10.3 Å². The second kappa shape index (κ2) is 6.42. The Labute approximate surface area is 176 Å². The number of hydrogen-bond acceptors (Lipinski definition) is 5. The Hall–Kier alpha value is -3.16. The average Bonchev–Trinajstić information content (AvgIpc) is 3.44. The smallest absolute Gasteiger partial charge is 0.177 e. The van der Waals surface area contributed by atoms with Crippen molar-refractivity contribution in [3.8, 4) is 0 Å². The number of anilines is 1. The molecular weight excluding hydrogens is 420 g/mol. The summed E-state index contributed by atoms with van der Waals surface area (Å²) in [5.74, 6) is 0. The maximum atomic E-state index is 14.1. The zero-order valence-corrected chi connectivity index (χ0v) is 17.3. The predicted molar refractivity (Wildman–Crippen MR) is 122 cm³/mol. The molecule has 4 aromatic carbocycles. The van der Waals surface area contributed by atoms with Crippen molar-refractivity contribution < 1.29 is 8.78 Å². The van der Waals surface area contributed by atoms with Gasteiger partial charge in [0.05, 0.1) is 11.0 Å². The maximum absolute atomic E-state index is 14.1. The van der Waals surface area contributed by atoms with Gasteiger partial charge in [0.1, 0.15) is 5.36 Å². The van der Waals surface area contributed by atoms with Crippen molar-refractivity contribution in [1.29, 1.82) is 0 Å². The lowest BCUT2D eigenvalue weighted by molar-refractivity contribution is 0.658. The largest absolute Gasteiger partial charge is 0.287 e. The SMILES string of the molecule is CN=c1c2cc3c(cc2c2sc(F)cc12)/c(=N/Nc1ccccc1)c1cc(F)sc13. The first-order valence-electron chi connectivity index (χ1n) is 9.28. The van der Waals surface area contributed by atoms with E-state index in [0.717, 1.165) is 75.4 Å². The summed E-state index contributed by atoms with van der Waals surface area (Å²) in [5, 5.41) is 10.9. The van der Waals surface area contributed by atoms with Crippen molar-refractivity contribution in [3.63, 3.8) is 0 Å². The summed E-state index contributed by atoms with van der Waals surface area (Å²) in [4.78, 5) is 4.41. The van der Waals surface area contributed by atoms with Crippen molar-refractivity contribution in [2.75, 3.05) is 12.5 Å². The minimum absolute atomic E-state index is 0.229. The van der Waals surface area contributed by atoms with Crippen LogP contribution in [-0.2, 0) is 0 Å². The van der Waals surface area contributed by atoms with Crippen LogP contribution in [0.15, 0.2) is 64.7 Å². The summed E-state index contributed by atoms with van der Waals surface area (Å²) in [6, 6.07) is 16.8. The lowest BCUT2D eigenvalue weighted by atomic mass is 10.1. The topological polar surface area (TPSA) is 36.8 Å². The molecule has 2 heterocycles. The highest BCUT2D eigenvalue weighted by Crippen LogP contribution is 2.37. The van der Waals surface area contributed by atoms with Crippen LogP contribution in [0.1, 0.15) is 0 Å². The van der Waals surface area contributed by atoms with Gasteiger partial charge in [-0.1, -0.05) is 18.2 Å². The molecular formula is C23H13F2N3S2. The molecule has 30 heavy (non-hydrogen) atoms. The van der Waals surface area contributed by atoms with Crippen molar-refractivity contribution >= 4 is 70.1 Å². The van der Waals surface area contributed by atoms with Crippen LogP contribution >= 0.6 is 22.7 Å². The Morgan fingerprint density at radius 3 is 1.87 bits per heavy atom. The van der Waals surface area contributed by atoms with Crippen LogP contribution in [-0.4, -0.2) is 7.05 Å². The quantitative estimate of drug-likeness (QED) is 0.332. The number of hydrogen-bond donors (Lipinski definition) is 1. The van der Waals surface area contributed by atoms with Gasteiger partial charge >= 0.3 is 0 Å². The summed E-state index contributed by atoms with van der Waals surface area (Å²) in [6.45, 7) is 0. The molecule has 0 bridgehead atoms. The molecule has 0 spiro atoms. The van der Waals surface area contributed by atoms with Gasteiger partial charge in [-0.05, 0) is 36.4 Å². The van der Waals surface area contributed by atoms with Gasteiger partial charge in [-0.25, -0.2) is 0 Å². The van der Waals surface area contributed by atoms with E-state index < -0.39 is 0 Å². The third-order valence-electron chi connectivity index (χ3n) is 5.37. The zero-order chi connectivity index (χ0) is 20.4. The number of para-hydroxylation sites is 1. The number of halogens is 2. The molecule has 0 fully saturated rings. The molecule has 0 saturated heterocycles. The molecule has 1 N–H and O–H groups in total. The third-order valence-corrected chi connectivity index (χ3v) is 7.28. The molecule has 6 rings (SSSR count). The molecule has 0 aliphatic carbocycles. The third kappa shape index (κ3) is 2.45. The highest BCUT2D eigenvalue weighted by Gasteiger charge is 2.18. The average molecular weight is 434 g/mol. The number of rotatable bonds is 2. The van der Waals surface area contributed by atoms with Gasteiger partial charge in [0, 0.05) is 48.8 Å². The van der Waals surface area contributed by atoms with Crippen LogP contribution in [0.3, 0.4) is 0 Å². The first-order valence-corrected chi connectivity index (χ1v) is 10.9. The fourth-order valence-corrected chi connectivity index (χ4v) is 5.96. The van der Waals surface area contributed by atoms with Gasteiger partial charge in [0.25, 0.3) is 0 Å². The Morgan fingerprint density at radius 2 is 1.27 bits per heavy atom. The molecule has 6 aromatic rings. The van der Waals surface area contributed by atoms with Crippen molar-refractivity contribution in [1.82, 2.24) is 0 Å². The van der Waals surface area contributed by atoms with Gasteiger partial charge in [-0.2, -0.15) is 13.9 Å². The van der Waals surface area contributed by atoms with Gasteiger partial charge in [-0.3, -0.25) is 10.4 Å². The van der Waals surface area contributed by atoms with Crippen molar-refractivity contribution in [2.24, 2.45) is 10.1 Å². The van der Waals surface area contributed by atoms with Gasteiger partial charge < -0.3 is 0 Å². The monoisotopic (exact) mass is 433 g/mol. The van der Waals surface area contributed by atoms with Crippen molar-refractivity contribution in [3.05, 3.63) is 75.6 Å². The lowest BCUT2D eigenvalue weighted by Crippen LogP contribution is -2.04. The minimum atomic E-state index is -0.246. The van der Waals surface area contributed by atoms with Crippen molar-refractivity contribution in [2.45, 2.75) is 0 Å². The summed E-state index contributed by atoms with van der Waals surface area (Å²) in [6.07, 6.45) is 0. The van der Waals surface area contributed by atoms with E-state index in [-0.39, 0.29) is 10.3 Å². The molecule has 146 valence electrons. The summed E-state index contributed by atoms with van der Waals surface area (Å²) < 4.78 is 29.9. The lowest BCUT2D eigenvalue weighted by Gasteiger charge is -1.99. The molecule has 0 aliphatic rings. The van der Waals surface area contributed by atoms with Gasteiger partial charge in [0.2, 0.25) is 0 Å². The van der Waals surface area contributed by atoms with E-state index in [0.29, 0.717) is 5.36 Å². The van der Waals surface area contributed by atoms with Crippen LogP contribution in [0.2, 0.25) is 0 Å². The second-order valence-electron chi connectivity index (χ2n) is 7.04. The molecule has 0 radical (unpaired) electrons. The van der Waals surface area contributed by atoms with E-state index in [9.17, 15) is 8.78 Å². The number of fused-ring (bicyclic) bond motifs is 6. The molecule has 2 aromatic heterocycles. The molecule has 3 nitrogen and oxygen atoms in total. The fraction of sp³-hybridized carbons (Fsp3) is 0.0435. The van der Waals surface area contributed by atoms with Crippen LogP contribution in [0.5, 0.6) is 0 Å². The van der Waals surface area contributed by atoms with E-state index in [2.05, 4.69) is 15.5 Å². The van der Waals surface area contributed by atoms with E-state index in [1.54, 1.807) is 7.05 Å². The molecule has 0 unspecified atom stereocenters. The molecule has 0 atom stereocenters. The van der Waals surface area contributed by atoms with Gasteiger partial charge in [0.15, 0.2) is 10.3 Å². The summed E-state index contributed by atoms with van der Waals surface area (Å²) in [7, 11) is 1.71. The summed E-state index contributed by atoms with van der Waals surface area (Å²) >= 11 is 2.24. The van der Waals surface area contributed by atoms with E-state index in [1.807, 2.05) is 42.5 Å². The van der Waals surface area contributed by atoms with E-state index in [4.69, 9.17) is 0 Å². The van der Waals surface area contributed by atoms with Crippen LogP contribution in [0.4, 0.5) is 14.5 Å². The normalized spacial score (nSPS) is 13.6. The Morgan fingerprint density at radius 1 is 0.700 bits per heavy atom. The predicted octanol–water partition coefficient (Wildman–Crippen LogP) is 6.03.